The number of allylic oxidation sites excluding steroid dienone is 1. The standard InChI is InChI=1S/C17H19N3O2S/c1-3-10-20-16(22)13-6-4-5-7-14(13)19-17(20)23-11(2)15(21)18-12-8-9-12/h3-7,11-12H,1,8-10H2,2H3,(H,18,21)/t11-/m0/s1. The van der Waals surface area contributed by atoms with Gasteiger partial charge < -0.3 is 5.32 Å². The van der Waals surface area contributed by atoms with E-state index in [1.165, 1.54) is 11.8 Å². The summed E-state index contributed by atoms with van der Waals surface area (Å²) in [6, 6.07) is 7.58. The van der Waals surface area contributed by atoms with E-state index < -0.39 is 0 Å². The van der Waals surface area contributed by atoms with Crippen LogP contribution in [0.15, 0.2) is 46.9 Å². The molecule has 0 spiro atoms. The zero-order chi connectivity index (χ0) is 16.4. The van der Waals surface area contributed by atoms with E-state index in [0.29, 0.717) is 28.6 Å². The fourth-order valence-electron chi connectivity index (χ4n) is 2.29. The topological polar surface area (TPSA) is 64.0 Å². The van der Waals surface area contributed by atoms with E-state index in [1.54, 1.807) is 16.7 Å². The molecule has 0 unspecified atom stereocenters. The largest absolute Gasteiger partial charge is 0.352 e. The maximum Gasteiger partial charge on any atom is 0.262 e. The molecule has 1 saturated carbocycles. The van der Waals surface area contributed by atoms with Gasteiger partial charge in [0, 0.05) is 12.6 Å². The van der Waals surface area contributed by atoms with Crippen LogP contribution in [0, 0.1) is 0 Å². The molecule has 0 radical (unpaired) electrons. The van der Waals surface area contributed by atoms with Crippen molar-refractivity contribution in [3.05, 3.63) is 47.3 Å². The van der Waals surface area contributed by atoms with Gasteiger partial charge in [0.15, 0.2) is 5.16 Å². The van der Waals surface area contributed by atoms with Gasteiger partial charge in [0.1, 0.15) is 0 Å². The monoisotopic (exact) mass is 329 g/mol. The number of amides is 1. The van der Waals surface area contributed by atoms with Gasteiger partial charge in [-0.15, -0.1) is 6.58 Å². The lowest BCUT2D eigenvalue weighted by atomic mass is 10.2. The predicted molar refractivity (Wildman–Crippen MR) is 92.7 cm³/mol. The Balaban J connectivity index is 1.94. The van der Waals surface area contributed by atoms with Crippen LogP contribution in [-0.2, 0) is 11.3 Å². The number of carbonyl (C=O) groups excluding carboxylic acids is 1. The molecule has 2 aromatic rings. The molecule has 0 bridgehead atoms. The second-order valence-electron chi connectivity index (χ2n) is 5.66. The third-order valence-corrected chi connectivity index (χ3v) is 4.80. The minimum absolute atomic E-state index is 0.00920. The highest BCUT2D eigenvalue weighted by molar-refractivity contribution is 8.00. The van der Waals surface area contributed by atoms with Crippen LogP contribution in [0.3, 0.4) is 0 Å². The second-order valence-corrected chi connectivity index (χ2v) is 6.97. The first-order valence-corrected chi connectivity index (χ1v) is 8.55. The third kappa shape index (κ3) is 3.47. The van der Waals surface area contributed by atoms with Crippen LogP contribution in [-0.4, -0.2) is 26.8 Å². The molecule has 1 fully saturated rings. The number of hydrogen-bond donors (Lipinski definition) is 1. The quantitative estimate of drug-likeness (QED) is 0.502. The fourth-order valence-corrected chi connectivity index (χ4v) is 3.21. The summed E-state index contributed by atoms with van der Waals surface area (Å²) in [4.78, 5) is 29.4. The lowest BCUT2D eigenvalue weighted by Gasteiger charge is -2.15. The van der Waals surface area contributed by atoms with Gasteiger partial charge in [-0.25, -0.2) is 4.98 Å². The van der Waals surface area contributed by atoms with Gasteiger partial charge in [0.05, 0.1) is 16.2 Å². The molecule has 0 aliphatic heterocycles. The Kier molecular flexibility index (Phi) is 4.52. The maximum atomic E-state index is 12.6. The number of fused-ring (bicyclic) bond motifs is 1. The number of para-hydroxylation sites is 1. The van der Waals surface area contributed by atoms with Crippen molar-refractivity contribution in [2.75, 3.05) is 0 Å². The normalized spacial score (nSPS) is 15.3. The number of benzene rings is 1. The highest BCUT2D eigenvalue weighted by Crippen LogP contribution is 2.24. The van der Waals surface area contributed by atoms with Crippen LogP contribution in [0.2, 0.25) is 0 Å². The molecule has 1 aromatic heterocycles. The lowest BCUT2D eigenvalue weighted by molar-refractivity contribution is -0.120. The number of hydrogen-bond acceptors (Lipinski definition) is 4. The van der Waals surface area contributed by atoms with Crippen molar-refractivity contribution in [2.24, 2.45) is 0 Å². The zero-order valence-electron chi connectivity index (χ0n) is 13.0. The summed E-state index contributed by atoms with van der Waals surface area (Å²) in [5.41, 5.74) is 0.544. The summed E-state index contributed by atoms with van der Waals surface area (Å²) >= 11 is 1.31. The van der Waals surface area contributed by atoms with Crippen molar-refractivity contribution in [3.63, 3.8) is 0 Å². The first-order chi connectivity index (χ1) is 11.1. The molecule has 1 aromatic carbocycles. The van der Waals surface area contributed by atoms with Crippen molar-refractivity contribution in [2.45, 2.75) is 42.8 Å². The van der Waals surface area contributed by atoms with Gasteiger partial charge >= 0.3 is 0 Å². The van der Waals surface area contributed by atoms with E-state index in [1.807, 2.05) is 25.1 Å². The third-order valence-electron chi connectivity index (χ3n) is 3.71. The average molecular weight is 329 g/mol. The molecular formula is C17H19N3O2S. The molecule has 120 valence electrons. The predicted octanol–water partition coefficient (Wildman–Crippen LogP) is 2.34. The van der Waals surface area contributed by atoms with Crippen LogP contribution in [0.5, 0.6) is 0 Å². The van der Waals surface area contributed by atoms with E-state index >= 15 is 0 Å². The van der Waals surface area contributed by atoms with Gasteiger partial charge in [-0.2, -0.15) is 0 Å². The molecule has 1 amide bonds. The van der Waals surface area contributed by atoms with E-state index in [9.17, 15) is 9.59 Å². The van der Waals surface area contributed by atoms with Gasteiger partial charge in [-0.1, -0.05) is 30.0 Å². The molecule has 3 rings (SSSR count). The molecule has 1 N–H and O–H groups in total. The van der Waals surface area contributed by atoms with Gasteiger partial charge in [-0.05, 0) is 31.9 Å². The highest BCUT2D eigenvalue weighted by Gasteiger charge is 2.26. The van der Waals surface area contributed by atoms with Gasteiger partial charge in [0.25, 0.3) is 5.56 Å². The number of aromatic nitrogens is 2. The van der Waals surface area contributed by atoms with Crippen LogP contribution < -0.4 is 10.9 Å². The minimum atomic E-state index is -0.306. The number of thioether (sulfide) groups is 1. The lowest BCUT2D eigenvalue weighted by Crippen LogP contribution is -2.33. The fraction of sp³-hybridized carbons (Fsp3) is 0.353. The molecule has 23 heavy (non-hydrogen) atoms. The molecule has 1 atom stereocenters. The van der Waals surface area contributed by atoms with Crippen molar-refractivity contribution in [1.82, 2.24) is 14.9 Å². The van der Waals surface area contributed by atoms with Crippen LogP contribution >= 0.6 is 11.8 Å². The summed E-state index contributed by atoms with van der Waals surface area (Å²) < 4.78 is 1.57. The summed E-state index contributed by atoms with van der Waals surface area (Å²) in [6.07, 6.45) is 3.77. The smallest absolute Gasteiger partial charge is 0.262 e. The summed E-state index contributed by atoms with van der Waals surface area (Å²) in [6.45, 7) is 5.91. The Bertz CT molecular complexity index is 811. The maximum absolute atomic E-state index is 12.6. The SMILES string of the molecule is C=CCn1c(S[C@@H](C)C(=O)NC2CC2)nc2ccccc2c1=O. The molecular weight excluding hydrogens is 310 g/mol. The summed E-state index contributed by atoms with van der Waals surface area (Å²) in [5.74, 6) is -0.00920. The first-order valence-electron chi connectivity index (χ1n) is 7.67. The zero-order valence-corrected chi connectivity index (χ0v) is 13.8. The average Bonchev–Trinajstić information content (AvgIpc) is 3.35. The molecule has 6 heteroatoms. The second kappa shape index (κ2) is 6.58. The highest BCUT2D eigenvalue weighted by atomic mass is 32.2. The Morgan fingerprint density at radius 2 is 2.26 bits per heavy atom. The Morgan fingerprint density at radius 3 is 2.96 bits per heavy atom. The van der Waals surface area contributed by atoms with Gasteiger partial charge in [0.2, 0.25) is 5.91 Å². The van der Waals surface area contributed by atoms with Crippen LogP contribution in [0.4, 0.5) is 0 Å². The number of carbonyl (C=O) groups is 1. The number of nitrogens with one attached hydrogen (secondary N) is 1. The Morgan fingerprint density at radius 1 is 1.52 bits per heavy atom. The molecule has 1 heterocycles. The first kappa shape index (κ1) is 15.8. The number of rotatable bonds is 6. The molecule has 1 aliphatic rings. The van der Waals surface area contributed by atoms with Crippen molar-refractivity contribution in [1.29, 1.82) is 0 Å². The Hall–Kier alpha value is -2.08. The molecule has 0 saturated heterocycles. The minimum Gasteiger partial charge on any atom is -0.352 e. The van der Waals surface area contributed by atoms with Crippen molar-refractivity contribution in [3.8, 4) is 0 Å². The molecule has 1 aliphatic carbocycles. The van der Waals surface area contributed by atoms with Crippen LogP contribution in [0.1, 0.15) is 19.8 Å². The van der Waals surface area contributed by atoms with Crippen LogP contribution in [0.25, 0.3) is 10.9 Å². The summed E-state index contributed by atoms with van der Waals surface area (Å²) in [7, 11) is 0. The van der Waals surface area contributed by atoms with E-state index in [2.05, 4.69) is 16.9 Å². The van der Waals surface area contributed by atoms with Crippen molar-refractivity contribution < 1.29 is 4.79 Å². The van der Waals surface area contributed by atoms with E-state index in [0.717, 1.165) is 12.8 Å². The summed E-state index contributed by atoms with van der Waals surface area (Å²) in [5, 5.41) is 3.80. The van der Waals surface area contributed by atoms with Crippen molar-refractivity contribution >= 4 is 28.6 Å². The van der Waals surface area contributed by atoms with E-state index in [4.69, 9.17) is 0 Å². The Labute approximate surface area is 138 Å². The van der Waals surface area contributed by atoms with E-state index in [-0.39, 0.29) is 16.7 Å². The number of nitrogens with zero attached hydrogens (tertiary/aromatic N) is 2. The molecule has 5 nitrogen and oxygen atoms in total. The van der Waals surface area contributed by atoms with Gasteiger partial charge in [-0.3, -0.25) is 14.2 Å².